The lowest BCUT2D eigenvalue weighted by Gasteiger charge is -2.15. The van der Waals surface area contributed by atoms with E-state index in [-0.39, 0.29) is 24.8 Å². The summed E-state index contributed by atoms with van der Waals surface area (Å²) in [4.78, 5) is 51.9. The summed E-state index contributed by atoms with van der Waals surface area (Å²) in [5.74, 6) is -0.121. The van der Waals surface area contributed by atoms with Gasteiger partial charge in [0.25, 0.3) is 5.56 Å². The van der Waals surface area contributed by atoms with Crippen molar-refractivity contribution >= 4 is 28.4 Å². The molecule has 0 aliphatic carbocycles. The Labute approximate surface area is 214 Å². The Balaban J connectivity index is 1.67. The van der Waals surface area contributed by atoms with Crippen LogP contribution in [0.15, 0.2) is 82.4 Å². The minimum atomic E-state index is -0.620. The van der Waals surface area contributed by atoms with Crippen LogP contribution >= 0.6 is 0 Å². The number of carbonyl (C=O) groups is 2. The van der Waals surface area contributed by atoms with Crippen LogP contribution in [0.4, 0.5) is 5.69 Å². The molecule has 3 aromatic carbocycles. The molecule has 0 spiro atoms. The highest BCUT2D eigenvalue weighted by Crippen LogP contribution is 2.13. The van der Waals surface area contributed by atoms with Crippen molar-refractivity contribution in [3.63, 3.8) is 0 Å². The summed E-state index contributed by atoms with van der Waals surface area (Å²) in [6.45, 7) is 6.31. The molecule has 4 rings (SSSR count). The molecule has 0 atom stereocenters. The second-order valence-electron chi connectivity index (χ2n) is 9.49. The van der Waals surface area contributed by atoms with Crippen molar-refractivity contribution < 1.29 is 9.59 Å². The predicted molar refractivity (Wildman–Crippen MR) is 145 cm³/mol. The molecular weight excluding hydrogens is 468 g/mol. The number of anilines is 1. The van der Waals surface area contributed by atoms with Gasteiger partial charge in [-0.05, 0) is 60.4 Å². The number of benzene rings is 3. The third-order valence-corrected chi connectivity index (χ3v) is 5.92. The Bertz CT molecular complexity index is 1570. The van der Waals surface area contributed by atoms with Gasteiger partial charge in [-0.1, -0.05) is 50.2 Å². The van der Waals surface area contributed by atoms with Crippen LogP contribution in [0.1, 0.15) is 25.0 Å². The fraction of sp³-hybridized carbons (Fsp3) is 0.241. The lowest BCUT2D eigenvalue weighted by Crippen LogP contribution is -2.40. The summed E-state index contributed by atoms with van der Waals surface area (Å²) in [5.41, 5.74) is 2.03. The molecule has 1 heterocycles. The Morgan fingerprint density at radius 2 is 1.62 bits per heavy atom. The van der Waals surface area contributed by atoms with Crippen molar-refractivity contribution in [2.24, 2.45) is 5.92 Å². The van der Waals surface area contributed by atoms with Gasteiger partial charge >= 0.3 is 5.69 Å². The molecule has 0 fully saturated rings. The molecule has 0 saturated heterocycles. The summed E-state index contributed by atoms with van der Waals surface area (Å²) in [6, 6.07) is 20.8. The van der Waals surface area contributed by atoms with Gasteiger partial charge in [0.2, 0.25) is 11.8 Å². The molecule has 0 bridgehead atoms. The maximum atomic E-state index is 13.5. The van der Waals surface area contributed by atoms with Gasteiger partial charge in [-0.2, -0.15) is 0 Å². The molecule has 8 nitrogen and oxygen atoms in total. The summed E-state index contributed by atoms with van der Waals surface area (Å²) in [6.07, 6.45) is 0.197. The fourth-order valence-corrected chi connectivity index (χ4v) is 4.10. The molecular formula is C29H30N4O4. The third kappa shape index (κ3) is 6.03. The van der Waals surface area contributed by atoms with E-state index in [4.69, 9.17) is 0 Å². The second kappa shape index (κ2) is 11.1. The van der Waals surface area contributed by atoms with Crippen LogP contribution in [-0.4, -0.2) is 27.5 Å². The van der Waals surface area contributed by atoms with Gasteiger partial charge in [0.1, 0.15) is 6.54 Å². The maximum absolute atomic E-state index is 13.5. The standard InChI is InChI=1S/C29H30N4O4/c1-19(2)17-30-26(34)16-21-11-13-23(14-12-21)33-28(36)24-9-4-5-10-25(24)32(29(33)37)18-27(35)31-22-8-6-7-20(3)15-22/h4-15,19H,16-18H2,1-3H3,(H,30,34)(H,31,35). The van der Waals surface area contributed by atoms with E-state index in [1.807, 2.05) is 39.0 Å². The highest BCUT2D eigenvalue weighted by Gasteiger charge is 2.17. The monoisotopic (exact) mass is 498 g/mol. The van der Waals surface area contributed by atoms with Crippen molar-refractivity contribution in [2.45, 2.75) is 33.7 Å². The van der Waals surface area contributed by atoms with E-state index in [9.17, 15) is 19.2 Å². The van der Waals surface area contributed by atoms with E-state index in [1.54, 1.807) is 54.6 Å². The molecule has 2 N–H and O–H groups in total. The quantitative estimate of drug-likeness (QED) is 0.389. The average Bonchev–Trinajstić information content (AvgIpc) is 2.86. The van der Waals surface area contributed by atoms with Crippen molar-refractivity contribution in [3.8, 4) is 5.69 Å². The molecule has 190 valence electrons. The zero-order chi connectivity index (χ0) is 26.5. The van der Waals surface area contributed by atoms with E-state index in [0.29, 0.717) is 34.7 Å². The zero-order valence-electron chi connectivity index (χ0n) is 21.2. The average molecular weight is 499 g/mol. The molecule has 0 unspecified atom stereocenters. The van der Waals surface area contributed by atoms with Crippen molar-refractivity contribution in [1.82, 2.24) is 14.5 Å². The van der Waals surface area contributed by atoms with Crippen LogP contribution in [0.2, 0.25) is 0 Å². The third-order valence-electron chi connectivity index (χ3n) is 5.92. The summed E-state index contributed by atoms with van der Waals surface area (Å²) < 4.78 is 2.36. The smallest absolute Gasteiger partial charge is 0.336 e. The number of nitrogens with zero attached hydrogens (tertiary/aromatic N) is 2. The van der Waals surface area contributed by atoms with E-state index in [2.05, 4.69) is 10.6 Å². The molecule has 0 saturated carbocycles. The Hall–Kier alpha value is -4.46. The molecule has 8 heteroatoms. The normalized spacial score (nSPS) is 11.0. The fourth-order valence-electron chi connectivity index (χ4n) is 4.10. The molecule has 1 aromatic heterocycles. The summed E-state index contributed by atoms with van der Waals surface area (Å²) in [7, 11) is 0. The Morgan fingerprint density at radius 1 is 0.892 bits per heavy atom. The number of aryl methyl sites for hydroxylation is 1. The van der Waals surface area contributed by atoms with Gasteiger partial charge < -0.3 is 10.6 Å². The SMILES string of the molecule is Cc1cccc(NC(=O)Cn2c(=O)n(-c3ccc(CC(=O)NCC(C)C)cc3)c(=O)c3ccccc32)c1. The van der Waals surface area contributed by atoms with Crippen LogP contribution in [0.3, 0.4) is 0 Å². The highest BCUT2D eigenvalue weighted by atomic mass is 16.2. The summed E-state index contributed by atoms with van der Waals surface area (Å²) in [5, 5.41) is 6.01. The van der Waals surface area contributed by atoms with Crippen molar-refractivity contribution in [3.05, 3.63) is 105 Å². The van der Waals surface area contributed by atoms with Gasteiger partial charge in [0, 0.05) is 12.2 Å². The second-order valence-corrected chi connectivity index (χ2v) is 9.49. The first kappa shape index (κ1) is 25.6. The van der Waals surface area contributed by atoms with Gasteiger partial charge in [0.15, 0.2) is 0 Å². The Kier molecular flexibility index (Phi) is 7.67. The van der Waals surface area contributed by atoms with E-state index >= 15 is 0 Å². The maximum Gasteiger partial charge on any atom is 0.336 e. The number of carbonyl (C=O) groups excluding carboxylic acids is 2. The predicted octanol–water partition coefficient (Wildman–Crippen LogP) is 3.41. The highest BCUT2D eigenvalue weighted by molar-refractivity contribution is 5.91. The van der Waals surface area contributed by atoms with Crippen LogP contribution in [0.5, 0.6) is 0 Å². The van der Waals surface area contributed by atoms with Gasteiger partial charge in [0.05, 0.1) is 23.0 Å². The van der Waals surface area contributed by atoms with E-state index < -0.39 is 11.2 Å². The molecule has 0 aliphatic rings. The number of aromatic nitrogens is 2. The molecule has 37 heavy (non-hydrogen) atoms. The Morgan fingerprint density at radius 3 is 2.32 bits per heavy atom. The van der Waals surface area contributed by atoms with Crippen LogP contribution < -0.4 is 21.9 Å². The van der Waals surface area contributed by atoms with E-state index in [1.165, 1.54) is 4.57 Å². The number of para-hydroxylation sites is 1. The van der Waals surface area contributed by atoms with Crippen LogP contribution in [0.25, 0.3) is 16.6 Å². The van der Waals surface area contributed by atoms with E-state index in [0.717, 1.165) is 15.7 Å². The first-order valence-electron chi connectivity index (χ1n) is 12.2. The first-order valence-corrected chi connectivity index (χ1v) is 12.2. The molecule has 0 aliphatic heterocycles. The minimum absolute atomic E-state index is 0.0914. The van der Waals surface area contributed by atoms with Gasteiger partial charge in [-0.15, -0.1) is 0 Å². The summed E-state index contributed by atoms with van der Waals surface area (Å²) >= 11 is 0. The lowest BCUT2D eigenvalue weighted by atomic mass is 10.1. The number of rotatable bonds is 8. The number of nitrogens with one attached hydrogen (secondary N) is 2. The molecule has 4 aromatic rings. The molecule has 2 amide bonds. The number of fused-ring (bicyclic) bond motifs is 1. The van der Waals surface area contributed by atoms with Crippen molar-refractivity contribution in [2.75, 3.05) is 11.9 Å². The molecule has 0 radical (unpaired) electrons. The topological polar surface area (TPSA) is 102 Å². The number of amides is 2. The first-order chi connectivity index (χ1) is 17.7. The zero-order valence-corrected chi connectivity index (χ0v) is 21.2. The number of hydrogen-bond donors (Lipinski definition) is 2. The van der Waals surface area contributed by atoms with Crippen LogP contribution in [0, 0.1) is 12.8 Å². The lowest BCUT2D eigenvalue weighted by molar-refractivity contribution is -0.120. The van der Waals surface area contributed by atoms with Crippen molar-refractivity contribution in [1.29, 1.82) is 0 Å². The largest absolute Gasteiger partial charge is 0.356 e. The minimum Gasteiger partial charge on any atom is -0.356 e. The van der Waals surface area contributed by atoms with Crippen LogP contribution in [-0.2, 0) is 22.6 Å². The van der Waals surface area contributed by atoms with Gasteiger partial charge in [-0.3, -0.25) is 19.0 Å². The van der Waals surface area contributed by atoms with Gasteiger partial charge in [-0.25, -0.2) is 9.36 Å². The number of hydrogen-bond acceptors (Lipinski definition) is 4.